The quantitative estimate of drug-likeness (QED) is 0.423. The zero-order valence-electron chi connectivity index (χ0n) is 15.4. The molecular weight excluding hydrogens is 356 g/mol. The minimum atomic E-state index is -3.59. The monoisotopic (exact) mass is 384 g/mol. The van der Waals surface area contributed by atoms with Crippen LogP contribution in [0.1, 0.15) is 44.1 Å². The highest BCUT2D eigenvalue weighted by Crippen LogP contribution is 2.09. The lowest BCUT2D eigenvalue weighted by Gasteiger charge is -2.08. The van der Waals surface area contributed by atoms with Gasteiger partial charge in [0.15, 0.2) is 0 Å². The molecule has 7 nitrogen and oxygen atoms in total. The van der Waals surface area contributed by atoms with E-state index in [1.54, 1.807) is 12.1 Å². The van der Waals surface area contributed by atoms with E-state index in [9.17, 15) is 18.0 Å². The van der Waals surface area contributed by atoms with E-state index in [4.69, 9.17) is 0 Å². The van der Waals surface area contributed by atoms with Crippen LogP contribution in [0.3, 0.4) is 0 Å². The van der Waals surface area contributed by atoms with Crippen LogP contribution in [0.15, 0.2) is 29.2 Å². The third-order valence-electron chi connectivity index (χ3n) is 3.83. The summed E-state index contributed by atoms with van der Waals surface area (Å²) in [6, 6.07) is 6.54. The van der Waals surface area contributed by atoms with Gasteiger partial charge in [-0.15, -0.1) is 0 Å². The number of hydrogen-bond acceptors (Lipinski definition) is 5. The molecular formula is C18H28N2O5S. The molecule has 0 saturated heterocycles. The number of rotatable bonds is 12. The Balaban J connectivity index is 2.13. The number of nitrogens with one attached hydrogen (secondary N) is 2. The van der Waals surface area contributed by atoms with E-state index in [-0.39, 0.29) is 29.7 Å². The maximum atomic E-state index is 12.1. The number of amides is 1. The van der Waals surface area contributed by atoms with Crippen LogP contribution in [0.2, 0.25) is 0 Å². The minimum absolute atomic E-state index is 0.0567. The van der Waals surface area contributed by atoms with Gasteiger partial charge in [0.2, 0.25) is 15.9 Å². The summed E-state index contributed by atoms with van der Waals surface area (Å²) in [6.07, 6.45) is 3.93. The number of hydrogen-bond donors (Lipinski definition) is 2. The highest BCUT2D eigenvalue weighted by atomic mass is 32.2. The number of ether oxygens (including phenoxy) is 1. The van der Waals surface area contributed by atoms with E-state index in [2.05, 4.69) is 14.8 Å². The molecule has 1 aromatic carbocycles. The largest absolute Gasteiger partial charge is 0.469 e. The van der Waals surface area contributed by atoms with Gasteiger partial charge in [-0.3, -0.25) is 9.59 Å². The first-order chi connectivity index (χ1) is 12.3. The maximum absolute atomic E-state index is 12.1. The predicted octanol–water partition coefficient (Wildman–Crippen LogP) is 1.90. The van der Waals surface area contributed by atoms with Crippen molar-refractivity contribution >= 4 is 21.9 Å². The van der Waals surface area contributed by atoms with Gasteiger partial charge in [0, 0.05) is 25.9 Å². The molecule has 1 rings (SSSR count). The lowest BCUT2D eigenvalue weighted by Crippen LogP contribution is -2.31. The van der Waals surface area contributed by atoms with Gasteiger partial charge in [-0.05, 0) is 31.9 Å². The van der Waals surface area contributed by atoms with Crippen LogP contribution in [0.25, 0.3) is 0 Å². The van der Waals surface area contributed by atoms with Crippen LogP contribution in [-0.4, -0.2) is 40.5 Å². The van der Waals surface area contributed by atoms with Crippen molar-refractivity contribution in [2.24, 2.45) is 0 Å². The van der Waals surface area contributed by atoms with Crippen molar-refractivity contribution < 1.29 is 22.7 Å². The number of aryl methyl sites for hydroxylation is 1. The SMILES string of the molecule is COC(=O)CCCCCCNC(=O)CCNS(=O)(=O)c1ccc(C)cc1. The molecule has 0 heterocycles. The fourth-order valence-corrected chi connectivity index (χ4v) is 3.30. The number of unbranched alkanes of at least 4 members (excludes halogenated alkanes) is 3. The molecule has 1 amide bonds. The van der Waals surface area contributed by atoms with E-state index in [0.717, 1.165) is 31.2 Å². The molecule has 0 unspecified atom stereocenters. The number of carbonyl (C=O) groups is 2. The Kier molecular flexibility index (Phi) is 9.90. The first-order valence-corrected chi connectivity index (χ1v) is 10.2. The summed E-state index contributed by atoms with van der Waals surface area (Å²) in [5, 5.41) is 2.76. The van der Waals surface area contributed by atoms with Crippen LogP contribution in [0.4, 0.5) is 0 Å². The Morgan fingerprint density at radius 3 is 2.27 bits per heavy atom. The molecule has 146 valence electrons. The standard InChI is InChI=1S/C18H28N2O5S/c1-15-8-10-16(11-9-15)26(23,24)20-14-12-17(21)19-13-6-4-3-5-7-18(22)25-2/h8-11,20H,3-7,12-14H2,1-2H3,(H,19,21). The second-order valence-electron chi connectivity index (χ2n) is 6.05. The molecule has 0 saturated carbocycles. The molecule has 0 aromatic heterocycles. The van der Waals surface area contributed by atoms with Crippen molar-refractivity contribution in [2.45, 2.75) is 50.3 Å². The minimum Gasteiger partial charge on any atom is -0.469 e. The average molecular weight is 384 g/mol. The van der Waals surface area contributed by atoms with Crippen LogP contribution in [-0.2, 0) is 24.3 Å². The molecule has 0 aliphatic heterocycles. The zero-order chi connectivity index (χ0) is 19.4. The van der Waals surface area contributed by atoms with Crippen molar-refractivity contribution in [3.63, 3.8) is 0 Å². The molecule has 0 aliphatic rings. The number of methoxy groups -OCH3 is 1. The second-order valence-corrected chi connectivity index (χ2v) is 7.82. The van der Waals surface area contributed by atoms with E-state index < -0.39 is 10.0 Å². The van der Waals surface area contributed by atoms with Gasteiger partial charge >= 0.3 is 5.97 Å². The van der Waals surface area contributed by atoms with Crippen LogP contribution in [0, 0.1) is 6.92 Å². The second kappa shape index (κ2) is 11.6. The highest BCUT2D eigenvalue weighted by Gasteiger charge is 2.13. The molecule has 0 fully saturated rings. The molecule has 26 heavy (non-hydrogen) atoms. The van der Waals surface area contributed by atoms with E-state index in [0.29, 0.717) is 13.0 Å². The van der Waals surface area contributed by atoms with Gasteiger partial charge in [-0.25, -0.2) is 13.1 Å². The number of esters is 1. The smallest absolute Gasteiger partial charge is 0.305 e. The number of carbonyl (C=O) groups excluding carboxylic acids is 2. The average Bonchev–Trinajstić information content (AvgIpc) is 2.60. The van der Waals surface area contributed by atoms with Crippen molar-refractivity contribution in [3.05, 3.63) is 29.8 Å². The summed E-state index contributed by atoms with van der Waals surface area (Å²) < 4.78 is 31.1. The first kappa shape index (κ1) is 22.1. The van der Waals surface area contributed by atoms with Gasteiger partial charge in [0.05, 0.1) is 12.0 Å². The normalized spacial score (nSPS) is 11.2. The fraction of sp³-hybridized carbons (Fsp3) is 0.556. The van der Waals surface area contributed by atoms with E-state index >= 15 is 0 Å². The van der Waals surface area contributed by atoms with Crippen LogP contribution >= 0.6 is 0 Å². The Labute approximate surface area is 155 Å². The first-order valence-electron chi connectivity index (χ1n) is 8.75. The summed E-state index contributed by atoms with van der Waals surface area (Å²) in [4.78, 5) is 22.8. The van der Waals surface area contributed by atoms with Crippen molar-refractivity contribution in [1.82, 2.24) is 10.0 Å². The van der Waals surface area contributed by atoms with Gasteiger partial charge < -0.3 is 10.1 Å². The Morgan fingerprint density at radius 2 is 1.62 bits per heavy atom. The van der Waals surface area contributed by atoms with E-state index in [1.807, 2.05) is 6.92 Å². The Morgan fingerprint density at radius 1 is 0.962 bits per heavy atom. The van der Waals surface area contributed by atoms with Gasteiger partial charge in [-0.1, -0.05) is 30.5 Å². The summed E-state index contributed by atoms with van der Waals surface area (Å²) in [5.74, 6) is -0.391. The summed E-state index contributed by atoms with van der Waals surface area (Å²) >= 11 is 0. The Bertz CT molecular complexity index is 671. The fourth-order valence-electron chi connectivity index (χ4n) is 2.27. The topological polar surface area (TPSA) is 102 Å². The summed E-state index contributed by atoms with van der Waals surface area (Å²) in [5.41, 5.74) is 0.980. The predicted molar refractivity (Wildman–Crippen MR) is 99.1 cm³/mol. The molecule has 0 bridgehead atoms. The van der Waals surface area contributed by atoms with Crippen LogP contribution in [0.5, 0.6) is 0 Å². The lowest BCUT2D eigenvalue weighted by atomic mass is 10.1. The van der Waals surface area contributed by atoms with Gasteiger partial charge in [-0.2, -0.15) is 0 Å². The third kappa shape index (κ3) is 8.96. The zero-order valence-corrected chi connectivity index (χ0v) is 16.2. The van der Waals surface area contributed by atoms with Crippen molar-refractivity contribution in [2.75, 3.05) is 20.2 Å². The molecule has 1 aromatic rings. The Hall–Kier alpha value is -1.93. The molecule has 0 spiro atoms. The van der Waals surface area contributed by atoms with E-state index in [1.165, 1.54) is 19.2 Å². The van der Waals surface area contributed by atoms with Gasteiger partial charge in [0.1, 0.15) is 0 Å². The number of sulfonamides is 1. The van der Waals surface area contributed by atoms with Crippen LogP contribution < -0.4 is 10.0 Å². The summed E-state index contributed by atoms with van der Waals surface area (Å²) in [7, 11) is -2.21. The number of benzene rings is 1. The molecule has 0 atom stereocenters. The molecule has 0 aliphatic carbocycles. The summed E-state index contributed by atoms with van der Waals surface area (Å²) in [6.45, 7) is 2.48. The van der Waals surface area contributed by atoms with Crippen molar-refractivity contribution in [3.8, 4) is 0 Å². The molecule has 2 N–H and O–H groups in total. The van der Waals surface area contributed by atoms with Crippen molar-refractivity contribution in [1.29, 1.82) is 0 Å². The maximum Gasteiger partial charge on any atom is 0.305 e. The third-order valence-corrected chi connectivity index (χ3v) is 5.31. The van der Waals surface area contributed by atoms with Gasteiger partial charge in [0.25, 0.3) is 0 Å². The molecule has 8 heteroatoms. The molecule has 0 radical (unpaired) electrons. The highest BCUT2D eigenvalue weighted by molar-refractivity contribution is 7.89. The lowest BCUT2D eigenvalue weighted by molar-refractivity contribution is -0.140.